The van der Waals surface area contributed by atoms with Crippen molar-refractivity contribution in [3.63, 3.8) is 0 Å². The number of aliphatic hydroxyl groups excluding tert-OH is 2. The average molecular weight is 275 g/mol. The second-order valence-corrected chi connectivity index (χ2v) is 4.70. The average Bonchev–Trinajstić information content (AvgIpc) is 2.35. The van der Waals surface area contributed by atoms with Gasteiger partial charge in [-0.3, -0.25) is 4.79 Å². The van der Waals surface area contributed by atoms with E-state index in [0.29, 0.717) is 6.42 Å². The number of carboxylic acids is 1. The van der Waals surface area contributed by atoms with Gasteiger partial charge in [-0.15, -0.1) is 0 Å². The largest absolute Gasteiger partial charge is 0.480 e. The predicted octanol–water partition coefficient (Wildman–Crippen LogP) is 0.660. The van der Waals surface area contributed by atoms with Gasteiger partial charge in [0.1, 0.15) is 6.04 Å². The topological polar surface area (TPSA) is 107 Å². The molecule has 0 aliphatic rings. The summed E-state index contributed by atoms with van der Waals surface area (Å²) in [6.07, 6.45) is 5.00. The number of rotatable bonds is 11. The smallest absolute Gasteiger partial charge is 0.328 e. The number of unbranched alkanes of at least 4 members (excludes halogenated alkanes) is 4. The molecule has 4 N–H and O–H groups in total. The highest BCUT2D eigenvalue weighted by atomic mass is 16.4. The zero-order valence-electron chi connectivity index (χ0n) is 11.5. The van der Waals surface area contributed by atoms with Crippen molar-refractivity contribution in [2.24, 2.45) is 0 Å². The molecule has 0 fully saturated rings. The Kier molecular flexibility index (Phi) is 10.1. The summed E-state index contributed by atoms with van der Waals surface area (Å²) in [5.41, 5.74) is 0. The van der Waals surface area contributed by atoms with Gasteiger partial charge in [0.05, 0.1) is 19.1 Å². The minimum absolute atomic E-state index is 0.127. The van der Waals surface area contributed by atoms with Crippen LogP contribution in [0.15, 0.2) is 0 Å². The quantitative estimate of drug-likeness (QED) is 0.414. The lowest BCUT2D eigenvalue weighted by Crippen LogP contribution is -2.44. The molecule has 0 spiro atoms. The Hall–Kier alpha value is -1.14. The van der Waals surface area contributed by atoms with Crippen molar-refractivity contribution >= 4 is 11.9 Å². The third-order valence-corrected chi connectivity index (χ3v) is 2.88. The SMILES string of the molecule is CCCCCCCC(O)CC(=O)NC(CO)C(=O)O. The fourth-order valence-electron chi connectivity index (χ4n) is 1.74. The maximum atomic E-state index is 11.4. The zero-order valence-corrected chi connectivity index (χ0v) is 11.5. The van der Waals surface area contributed by atoms with Crippen LogP contribution in [0.4, 0.5) is 0 Å². The molecule has 6 nitrogen and oxygen atoms in total. The van der Waals surface area contributed by atoms with Crippen LogP contribution in [0.5, 0.6) is 0 Å². The van der Waals surface area contributed by atoms with Crippen LogP contribution in [0.1, 0.15) is 51.9 Å². The van der Waals surface area contributed by atoms with Gasteiger partial charge in [-0.25, -0.2) is 4.79 Å². The zero-order chi connectivity index (χ0) is 14.7. The van der Waals surface area contributed by atoms with Crippen molar-refractivity contribution < 1.29 is 24.9 Å². The Morgan fingerprint density at radius 1 is 1.16 bits per heavy atom. The summed E-state index contributed by atoms with van der Waals surface area (Å²) in [7, 11) is 0. The third kappa shape index (κ3) is 9.44. The summed E-state index contributed by atoms with van der Waals surface area (Å²) in [5.74, 6) is -1.84. The van der Waals surface area contributed by atoms with E-state index in [1.54, 1.807) is 0 Å². The van der Waals surface area contributed by atoms with E-state index in [1.807, 2.05) is 0 Å². The Morgan fingerprint density at radius 3 is 2.32 bits per heavy atom. The van der Waals surface area contributed by atoms with Crippen LogP contribution in [-0.2, 0) is 9.59 Å². The van der Waals surface area contributed by atoms with Gasteiger partial charge < -0.3 is 20.6 Å². The summed E-state index contributed by atoms with van der Waals surface area (Å²) < 4.78 is 0. The number of carboxylic acid groups (broad SMARTS) is 1. The van der Waals surface area contributed by atoms with Gasteiger partial charge in [-0.1, -0.05) is 39.0 Å². The van der Waals surface area contributed by atoms with Gasteiger partial charge in [0.2, 0.25) is 5.91 Å². The number of carbonyl (C=O) groups excluding carboxylic acids is 1. The minimum atomic E-state index is -1.30. The van der Waals surface area contributed by atoms with E-state index in [1.165, 1.54) is 6.42 Å². The van der Waals surface area contributed by atoms with Crippen molar-refractivity contribution in [2.75, 3.05) is 6.61 Å². The Labute approximate surface area is 113 Å². The molecule has 6 heteroatoms. The molecule has 0 bridgehead atoms. The first-order valence-corrected chi connectivity index (χ1v) is 6.82. The van der Waals surface area contributed by atoms with Crippen LogP contribution in [0.2, 0.25) is 0 Å². The molecule has 2 atom stereocenters. The maximum Gasteiger partial charge on any atom is 0.328 e. The molecule has 0 saturated carbocycles. The van der Waals surface area contributed by atoms with Gasteiger partial charge in [0.25, 0.3) is 0 Å². The Morgan fingerprint density at radius 2 is 1.79 bits per heavy atom. The van der Waals surface area contributed by atoms with Crippen LogP contribution in [-0.4, -0.2) is 45.9 Å². The second-order valence-electron chi connectivity index (χ2n) is 4.70. The second kappa shape index (κ2) is 10.8. The van der Waals surface area contributed by atoms with Gasteiger partial charge in [0.15, 0.2) is 0 Å². The fraction of sp³-hybridized carbons (Fsp3) is 0.846. The van der Waals surface area contributed by atoms with Gasteiger partial charge in [-0.05, 0) is 6.42 Å². The van der Waals surface area contributed by atoms with E-state index in [9.17, 15) is 14.7 Å². The highest BCUT2D eigenvalue weighted by Crippen LogP contribution is 2.09. The van der Waals surface area contributed by atoms with Gasteiger partial charge in [-0.2, -0.15) is 0 Å². The molecule has 0 aromatic carbocycles. The molecule has 112 valence electrons. The molecule has 0 heterocycles. The van der Waals surface area contributed by atoms with E-state index < -0.39 is 30.6 Å². The number of hydrogen-bond donors (Lipinski definition) is 4. The van der Waals surface area contributed by atoms with Crippen molar-refractivity contribution in [2.45, 2.75) is 64.0 Å². The third-order valence-electron chi connectivity index (χ3n) is 2.88. The fourth-order valence-corrected chi connectivity index (χ4v) is 1.74. The number of nitrogens with one attached hydrogen (secondary N) is 1. The van der Waals surface area contributed by atoms with Crippen molar-refractivity contribution in [1.82, 2.24) is 5.32 Å². The first-order valence-electron chi connectivity index (χ1n) is 6.82. The molecule has 0 aliphatic carbocycles. The van der Waals surface area contributed by atoms with E-state index in [2.05, 4.69) is 12.2 Å². The number of aliphatic carboxylic acids is 1. The lowest BCUT2D eigenvalue weighted by atomic mass is 10.1. The number of hydrogen-bond acceptors (Lipinski definition) is 4. The van der Waals surface area contributed by atoms with Crippen molar-refractivity contribution in [3.8, 4) is 0 Å². The Balaban J connectivity index is 3.76. The first kappa shape index (κ1) is 17.9. The van der Waals surface area contributed by atoms with Crippen LogP contribution in [0.25, 0.3) is 0 Å². The molecule has 1 amide bonds. The molecule has 0 saturated heterocycles. The molecule has 0 aliphatic heterocycles. The molecular formula is C13H25NO5. The molecule has 19 heavy (non-hydrogen) atoms. The number of aliphatic hydroxyl groups is 2. The molecule has 0 rings (SSSR count). The summed E-state index contributed by atoms with van der Waals surface area (Å²) in [6, 6.07) is -1.30. The molecule has 0 radical (unpaired) electrons. The van der Waals surface area contributed by atoms with E-state index in [4.69, 9.17) is 10.2 Å². The number of amides is 1. The van der Waals surface area contributed by atoms with Crippen molar-refractivity contribution in [1.29, 1.82) is 0 Å². The highest BCUT2D eigenvalue weighted by Gasteiger charge is 2.20. The van der Waals surface area contributed by atoms with Crippen LogP contribution in [0.3, 0.4) is 0 Å². The van der Waals surface area contributed by atoms with E-state index in [-0.39, 0.29) is 6.42 Å². The molecule has 0 aromatic heterocycles. The monoisotopic (exact) mass is 275 g/mol. The highest BCUT2D eigenvalue weighted by molar-refractivity contribution is 5.83. The van der Waals surface area contributed by atoms with Crippen LogP contribution >= 0.6 is 0 Å². The summed E-state index contributed by atoms with van der Waals surface area (Å²) in [6.45, 7) is 1.47. The maximum absolute atomic E-state index is 11.4. The van der Waals surface area contributed by atoms with E-state index in [0.717, 1.165) is 25.7 Å². The summed E-state index contributed by atoms with van der Waals surface area (Å²) in [5, 5.41) is 29.2. The molecule has 2 unspecified atom stereocenters. The predicted molar refractivity (Wildman–Crippen MR) is 70.7 cm³/mol. The van der Waals surface area contributed by atoms with Crippen molar-refractivity contribution in [3.05, 3.63) is 0 Å². The number of carbonyl (C=O) groups is 2. The summed E-state index contributed by atoms with van der Waals surface area (Å²) >= 11 is 0. The molecule has 0 aromatic rings. The summed E-state index contributed by atoms with van der Waals surface area (Å²) in [4.78, 5) is 22.0. The lowest BCUT2D eigenvalue weighted by molar-refractivity contribution is -0.143. The molecular weight excluding hydrogens is 250 g/mol. The standard InChI is InChI=1S/C13H25NO5/c1-2-3-4-5-6-7-10(16)8-12(17)14-11(9-15)13(18)19/h10-11,15-16H,2-9H2,1H3,(H,14,17)(H,18,19). The van der Waals surface area contributed by atoms with Gasteiger partial charge >= 0.3 is 5.97 Å². The van der Waals surface area contributed by atoms with Crippen LogP contribution < -0.4 is 5.32 Å². The Bertz CT molecular complexity index is 270. The normalized spacial score (nSPS) is 13.8. The minimum Gasteiger partial charge on any atom is -0.480 e. The van der Waals surface area contributed by atoms with Crippen LogP contribution in [0, 0.1) is 0 Å². The first-order chi connectivity index (χ1) is 9.01. The van der Waals surface area contributed by atoms with E-state index >= 15 is 0 Å². The van der Waals surface area contributed by atoms with Gasteiger partial charge in [0, 0.05) is 0 Å². The lowest BCUT2D eigenvalue weighted by Gasteiger charge is -2.14.